The molecule has 1 aromatic carbocycles. The maximum atomic E-state index is 12.7. The van der Waals surface area contributed by atoms with Crippen molar-refractivity contribution in [3.8, 4) is 0 Å². The number of rotatable bonds is 3. The molecule has 0 aliphatic carbocycles. The normalized spacial score (nSPS) is 29.2. The molecule has 0 amide bonds. The second-order valence-corrected chi connectivity index (χ2v) is 7.85. The third kappa shape index (κ3) is 2.91. The largest absolute Gasteiger partial charge is 0.456 e. The standard InChI is InChI=1S/C20H25N3O3/c24-20(26-18-12-23-7-3-14(18)4-8-23)19-16-2-1-15(11-17(16)21-22-19)13-5-9-25-10-6-13/h1-2,11,13-14,18H,3-10,12H2,(H,21,22)/t18-/m1/s1. The van der Waals surface area contributed by atoms with Crippen molar-refractivity contribution in [2.24, 2.45) is 5.92 Å². The van der Waals surface area contributed by atoms with E-state index < -0.39 is 0 Å². The lowest BCUT2D eigenvalue weighted by Gasteiger charge is -2.43. The molecule has 2 bridgehead atoms. The Kier molecular flexibility index (Phi) is 4.17. The highest BCUT2D eigenvalue weighted by Gasteiger charge is 2.37. The molecule has 1 atom stereocenters. The minimum atomic E-state index is -0.297. The van der Waals surface area contributed by atoms with Crippen LogP contribution in [0.2, 0.25) is 0 Å². The molecular formula is C20H25N3O3. The van der Waals surface area contributed by atoms with E-state index in [2.05, 4.69) is 27.2 Å². The predicted molar refractivity (Wildman–Crippen MR) is 97.3 cm³/mol. The second kappa shape index (κ2) is 6.67. The summed E-state index contributed by atoms with van der Waals surface area (Å²) in [5.41, 5.74) is 2.62. The molecule has 0 saturated carbocycles. The molecular weight excluding hydrogens is 330 g/mol. The molecule has 26 heavy (non-hydrogen) atoms. The molecule has 1 N–H and O–H groups in total. The number of hydrogen-bond acceptors (Lipinski definition) is 5. The lowest BCUT2D eigenvalue weighted by molar-refractivity contribution is -0.0458. The van der Waals surface area contributed by atoms with Gasteiger partial charge in [0, 0.05) is 25.1 Å². The average Bonchev–Trinajstić information content (AvgIpc) is 3.13. The fraction of sp³-hybridized carbons (Fsp3) is 0.600. The maximum Gasteiger partial charge on any atom is 0.359 e. The highest BCUT2D eigenvalue weighted by atomic mass is 16.5. The van der Waals surface area contributed by atoms with E-state index in [-0.39, 0.29) is 12.1 Å². The van der Waals surface area contributed by atoms with Gasteiger partial charge >= 0.3 is 5.97 Å². The first kappa shape index (κ1) is 16.3. The highest BCUT2D eigenvalue weighted by molar-refractivity contribution is 6.02. The number of fused-ring (bicyclic) bond motifs is 4. The number of hydrogen-bond donors (Lipinski definition) is 1. The highest BCUT2D eigenvalue weighted by Crippen LogP contribution is 2.32. The number of piperidine rings is 3. The number of carbonyl (C=O) groups excluding carboxylic acids is 1. The molecule has 6 heteroatoms. The Morgan fingerprint density at radius 2 is 2.00 bits per heavy atom. The quantitative estimate of drug-likeness (QED) is 0.858. The lowest BCUT2D eigenvalue weighted by Crippen LogP contribution is -2.51. The van der Waals surface area contributed by atoms with E-state index in [1.54, 1.807) is 0 Å². The van der Waals surface area contributed by atoms with Gasteiger partial charge in [0.25, 0.3) is 0 Å². The van der Waals surface area contributed by atoms with Crippen molar-refractivity contribution >= 4 is 16.9 Å². The summed E-state index contributed by atoms with van der Waals surface area (Å²) in [4.78, 5) is 15.1. The molecule has 4 aliphatic heterocycles. The van der Waals surface area contributed by atoms with Crippen LogP contribution in [0.25, 0.3) is 10.9 Å². The number of aromatic amines is 1. The van der Waals surface area contributed by atoms with Crippen molar-refractivity contribution in [2.45, 2.75) is 37.7 Å². The van der Waals surface area contributed by atoms with E-state index in [1.807, 2.05) is 6.07 Å². The first-order valence-electron chi connectivity index (χ1n) is 9.77. The summed E-state index contributed by atoms with van der Waals surface area (Å²) in [6, 6.07) is 6.26. The minimum absolute atomic E-state index is 0.0123. The van der Waals surface area contributed by atoms with Crippen molar-refractivity contribution < 1.29 is 14.3 Å². The van der Waals surface area contributed by atoms with Crippen LogP contribution in [0.1, 0.15) is 47.7 Å². The smallest absolute Gasteiger partial charge is 0.359 e. The molecule has 4 saturated heterocycles. The van der Waals surface area contributed by atoms with Crippen LogP contribution in [-0.4, -0.2) is 60.0 Å². The Hall–Kier alpha value is -1.92. The third-order valence-corrected chi connectivity index (χ3v) is 6.33. The Labute approximate surface area is 152 Å². The fourth-order valence-corrected chi connectivity index (χ4v) is 4.72. The molecule has 0 spiro atoms. The van der Waals surface area contributed by atoms with Gasteiger partial charge in [-0.2, -0.15) is 5.10 Å². The van der Waals surface area contributed by atoms with Gasteiger partial charge < -0.3 is 9.47 Å². The summed E-state index contributed by atoms with van der Waals surface area (Å²) < 4.78 is 11.3. The maximum absolute atomic E-state index is 12.7. The molecule has 0 radical (unpaired) electrons. The summed E-state index contributed by atoms with van der Waals surface area (Å²) >= 11 is 0. The van der Waals surface area contributed by atoms with E-state index in [4.69, 9.17) is 9.47 Å². The van der Waals surface area contributed by atoms with Crippen LogP contribution in [0.15, 0.2) is 18.2 Å². The molecule has 6 nitrogen and oxygen atoms in total. The van der Waals surface area contributed by atoms with Crippen LogP contribution >= 0.6 is 0 Å². The van der Waals surface area contributed by atoms with Gasteiger partial charge in [0.05, 0.1) is 5.52 Å². The van der Waals surface area contributed by atoms with Gasteiger partial charge in [-0.05, 0) is 62.2 Å². The van der Waals surface area contributed by atoms with E-state index in [0.29, 0.717) is 17.5 Å². The summed E-state index contributed by atoms with van der Waals surface area (Å²) in [6.45, 7) is 4.79. The van der Waals surface area contributed by atoms with E-state index in [9.17, 15) is 4.79 Å². The summed E-state index contributed by atoms with van der Waals surface area (Å²) in [5, 5.41) is 8.15. The molecule has 138 valence electrons. The number of aromatic nitrogens is 2. The van der Waals surface area contributed by atoms with Gasteiger partial charge in [0.2, 0.25) is 0 Å². The lowest BCUT2D eigenvalue weighted by atomic mass is 9.86. The Morgan fingerprint density at radius 1 is 1.19 bits per heavy atom. The number of benzene rings is 1. The molecule has 0 unspecified atom stereocenters. The average molecular weight is 355 g/mol. The number of nitrogens with zero attached hydrogens (tertiary/aromatic N) is 2. The summed E-state index contributed by atoms with van der Waals surface area (Å²) in [5.74, 6) is 0.738. The number of nitrogens with one attached hydrogen (secondary N) is 1. The van der Waals surface area contributed by atoms with Gasteiger partial charge in [-0.3, -0.25) is 10.00 Å². The molecule has 1 aromatic heterocycles. The molecule has 6 rings (SSSR count). The van der Waals surface area contributed by atoms with Crippen molar-refractivity contribution in [2.75, 3.05) is 32.8 Å². The number of ether oxygens (including phenoxy) is 2. The Morgan fingerprint density at radius 3 is 2.73 bits per heavy atom. The number of esters is 1. The SMILES string of the molecule is O=C(O[C@@H]1CN2CCC1CC2)c1n[nH]c2cc(C3CCOCC3)ccc12. The van der Waals surface area contributed by atoms with Crippen LogP contribution in [-0.2, 0) is 9.47 Å². The summed E-state index contributed by atoms with van der Waals surface area (Å²) in [6.07, 6.45) is 4.38. The van der Waals surface area contributed by atoms with Gasteiger partial charge in [0.15, 0.2) is 5.69 Å². The molecule has 2 aromatic rings. The second-order valence-electron chi connectivity index (χ2n) is 7.85. The van der Waals surface area contributed by atoms with Crippen LogP contribution in [0.5, 0.6) is 0 Å². The van der Waals surface area contributed by atoms with E-state index >= 15 is 0 Å². The number of H-pyrrole nitrogens is 1. The molecule has 5 heterocycles. The fourth-order valence-electron chi connectivity index (χ4n) is 4.72. The van der Waals surface area contributed by atoms with Crippen LogP contribution in [0.4, 0.5) is 0 Å². The van der Waals surface area contributed by atoms with Gasteiger partial charge in [0.1, 0.15) is 6.10 Å². The minimum Gasteiger partial charge on any atom is -0.456 e. The zero-order chi connectivity index (χ0) is 17.5. The van der Waals surface area contributed by atoms with Gasteiger partial charge in [-0.15, -0.1) is 0 Å². The topological polar surface area (TPSA) is 67.5 Å². The van der Waals surface area contributed by atoms with E-state index in [0.717, 1.165) is 69.4 Å². The van der Waals surface area contributed by atoms with Gasteiger partial charge in [-0.1, -0.05) is 12.1 Å². The van der Waals surface area contributed by atoms with Crippen LogP contribution < -0.4 is 0 Å². The van der Waals surface area contributed by atoms with Crippen LogP contribution in [0, 0.1) is 5.92 Å². The van der Waals surface area contributed by atoms with E-state index in [1.165, 1.54) is 5.56 Å². The first-order valence-corrected chi connectivity index (χ1v) is 9.77. The van der Waals surface area contributed by atoms with Crippen molar-refractivity contribution in [1.29, 1.82) is 0 Å². The zero-order valence-corrected chi connectivity index (χ0v) is 14.9. The van der Waals surface area contributed by atoms with Crippen molar-refractivity contribution in [3.05, 3.63) is 29.5 Å². The number of carbonyl (C=O) groups is 1. The summed E-state index contributed by atoms with van der Waals surface area (Å²) in [7, 11) is 0. The zero-order valence-electron chi connectivity index (χ0n) is 14.9. The first-order chi connectivity index (χ1) is 12.8. The monoisotopic (exact) mass is 355 g/mol. The Bertz CT molecular complexity index is 804. The molecule has 4 aliphatic rings. The van der Waals surface area contributed by atoms with Crippen molar-refractivity contribution in [1.82, 2.24) is 15.1 Å². The predicted octanol–water partition coefficient (Wildman–Crippen LogP) is 2.71. The molecule has 4 fully saturated rings. The van der Waals surface area contributed by atoms with Crippen LogP contribution in [0.3, 0.4) is 0 Å². The third-order valence-electron chi connectivity index (χ3n) is 6.33. The van der Waals surface area contributed by atoms with Crippen molar-refractivity contribution in [3.63, 3.8) is 0 Å². The Balaban J connectivity index is 1.34. The van der Waals surface area contributed by atoms with Gasteiger partial charge in [-0.25, -0.2) is 4.79 Å².